The molecule has 3 atom stereocenters. The Morgan fingerprint density at radius 1 is 1.28 bits per heavy atom. The lowest BCUT2D eigenvalue weighted by Crippen LogP contribution is -2.30. The van der Waals surface area contributed by atoms with Gasteiger partial charge < -0.3 is 10.1 Å². The van der Waals surface area contributed by atoms with Crippen molar-refractivity contribution in [3.63, 3.8) is 0 Å². The zero-order valence-electron chi connectivity index (χ0n) is 15.1. The van der Waals surface area contributed by atoms with Crippen LogP contribution in [0.4, 0.5) is 4.39 Å². The van der Waals surface area contributed by atoms with E-state index in [1.54, 1.807) is 13.2 Å². The molecule has 134 valence electrons. The first-order valence-electron chi connectivity index (χ1n) is 8.77. The van der Waals surface area contributed by atoms with Crippen molar-refractivity contribution < 1.29 is 9.13 Å². The topological polar surface area (TPSA) is 37.4 Å². The molecular formula is C20H26FN3O. The van der Waals surface area contributed by atoms with E-state index in [9.17, 15) is 4.39 Å². The summed E-state index contributed by atoms with van der Waals surface area (Å²) in [7, 11) is 3.87. The van der Waals surface area contributed by atoms with Crippen molar-refractivity contribution in [1.82, 2.24) is 15.2 Å². The van der Waals surface area contributed by atoms with Crippen LogP contribution in [0.5, 0.6) is 5.75 Å². The maximum Gasteiger partial charge on any atom is 0.141 e. The van der Waals surface area contributed by atoms with Crippen molar-refractivity contribution >= 4 is 0 Å². The summed E-state index contributed by atoms with van der Waals surface area (Å²) in [6.45, 7) is 4.06. The minimum Gasteiger partial charge on any atom is -0.497 e. The Balaban J connectivity index is 1.65. The fraction of sp³-hybridized carbons (Fsp3) is 0.450. The number of aromatic nitrogens is 1. The van der Waals surface area contributed by atoms with Crippen LogP contribution in [-0.4, -0.2) is 37.1 Å². The smallest absolute Gasteiger partial charge is 0.141 e. The average molecular weight is 343 g/mol. The average Bonchev–Trinajstić information content (AvgIpc) is 3.01. The van der Waals surface area contributed by atoms with Crippen LogP contribution in [0.1, 0.15) is 36.7 Å². The molecule has 3 rings (SSSR count). The van der Waals surface area contributed by atoms with Crippen LogP contribution < -0.4 is 10.1 Å². The number of benzene rings is 1. The van der Waals surface area contributed by atoms with Crippen LogP contribution >= 0.6 is 0 Å². The number of likely N-dealkylation sites (tertiary alicyclic amines) is 1. The Kier molecular flexibility index (Phi) is 5.66. The molecule has 1 saturated heterocycles. The summed E-state index contributed by atoms with van der Waals surface area (Å²) in [6, 6.07) is 12.1. The summed E-state index contributed by atoms with van der Waals surface area (Å²) in [6.07, 6.45) is 2.43. The monoisotopic (exact) mass is 343 g/mol. The first kappa shape index (κ1) is 17.8. The first-order valence-corrected chi connectivity index (χ1v) is 8.77. The number of hydrogen-bond donors (Lipinski definition) is 1. The van der Waals surface area contributed by atoms with E-state index < -0.39 is 0 Å². The molecule has 1 N–H and O–H groups in total. The van der Waals surface area contributed by atoms with Crippen molar-refractivity contribution in [2.75, 3.05) is 27.2 Å². The van der Waals surface area contributed by atoms with E-state index >= 15 is 0 Å². The number of nitrogens with zero attached hydrogens (tertiary/aromatic N) is 2. The first-order chi connectivity index (χ1) is 12.1. The Hall–Kier alpha value is -1.98. The van der Waals surface area contributed by atoms with Crippen molar-refractivity contribution in [3.05, 3.63) is 59.7 Å². The lowest BCUT2D eigenvalue weighted by Gasteiger charge is -2.27. The molecule has 1 aromatic heterocycles. The van der Waals surface area contributed by atoms with Crippen LogP contribution in [0.3, 0.4) is 0 Å². The fourth-order valence-electron chi connectivity index (χ4n) is 3.64. The van der Waals surface area contributed by atoms with Gasteiger partial charge in [0.1, 0.15) is 11.6 Å². The van der Waals surface area contributed by atoms with Crippen molar-refractivity contribution in [1.29, 1.82) is 0 Å². The molecule has 2 aromatic rings. The van der Waals surface area contributed by atoms with Gasteiger partial charge in [0.05, 0.1) is 19.0 Å². The van der Waals surface area contributed by atoms with Crippen LogP contribution in [0.15, 0.2) is 42.6 Å². The normalized spacial score (nSPS) is 22.1. The molecule has 0 amide bonds. The molecule has 0 radical (unpaired) electrons. The van der Waals surface area contributed by atoms with E-state index in [1.807, 2.05) is 12.1 Å². The largest absolute Gasteiger partial charge is 0.497 e. The van der Waals surface area contributed by atoms with E-state index in [1.165, 1.54) is 17.8 Å². The molecular weight excluding hydrogens is 317 g/mol. The van der Waals surface area contributed by atoms with Crippen LogP contribution in [0, 0.1) is 11.7 Å². The molecule has 5 heteroatoms. The van der Waals surface area contributed by atoms with Gasteiger partial charge in [-0.25, -0.2) is 4.39 Å². The maximum absolute atomic E-state index is 13.0. The molecule has 1 aliphatic rings. The fourth-order valence-corrected chi connectivity index (χ4v) is 3.64. The van der Waals surface area contributed by atoms with Crippen LogP contribution in [-0.2, 0) is 0 Å². The zero-order valence-corrected chi connectivity index (χ0v) is 15.1. The third-order valence-corrected chi connectivity index (χ3v) is 5.11. The number of rotatable bonds is 6. The van der Waals surface area contributed by atoms with Gasteiger partial charge in [-0.2, -0.15) is 0 Å². The van der Waals surface area contributed by atoms with Crippen LogP contribution in [0.25, 0.3) is 0 Å². The molecule has 0 unspecified atom stereocenters. The van der Waals surface area contributed by atoms with Crippen LogP contribution in [0.2, 0.25) is 0 Å². The van der Waals surface area contributed by atoms with Gasteiger partial charge in [-0.15, -0.1) is 0 Å². The standard InChI is InChI=1S/C20H26FN3O/c1-14(19-9-6-17(21)13-23-19)22-12-16-10-11-24(2)20(16)15-4-7-18(25-3)8-5-15/h4-9,13-14,16,20,22H,10-12H2,1-3H3/t14-,16-,20+/m0/s1. The van der Waals surface area contributed by atoms with Crippen molar-refractivity contribution in [2.45, 2.75) is 25.4 Å². The van der Waals surface area contributed by atoms with Gasteiger partial charge in [-0.05, 0) is 62.7 Å². The van der Waals surface area contributed by atoms with E-state index in [0.717, 1.165) is 31.0 Å². The number of halogens is 1. The Bertz CT molecular complexity index is 674. The molecule has 2 heterocycles. The third kappa shape index (κ3) is 4.17. The molecule has 4 nitrogen and oxygen atoms in total. The number of pyridine rings is 1. The van der Waals surface area contributed by atoms with Gasteiger partial charge in [0.15, 0.2) is 0 Å². The van der Waals surface area contributed by atoms with Gasteiger partial charge in [0.25, 0.3) is 0 Å². The highest BCUT2D eigenvalue weighted by Crippen LogP contribution is 2.36. The van der Waals surface area contributed by atoms with E-state index in [0.29, 0.717) is 12.0 Å². The number of ether oxygens (including phenoxy) is 1. The highest BCUT2D eigenvalue weighted by atomic mass is 19.1. The summed E-state index contributed by atoms with van der Waals surface area (Å²) in [5, 5.41) is 3.57. The van der Waals surface area contributed by atoms with Gasteiger partial charge in [0, 0.05) is 18.6 Å². The summed E-state index contributed by atoms with van der Waals surface area (Å²) in [5.41, 5.74) is 2.19. The van der Waals surface area contributed by atoms with Crippen molar-refractivity contribution in [2.24, 2.45) is 5.92 Å². The predicted molar refractivity (Wildman–Crippen MR) is 97.1 cm³/mol. The minimum absolute atomic E-state index is 0.100. The van der Waals surface area contributed by atoms with E-state index in [4.69, 9.17) is 4.74 Å². The summed E-state index contributed by atoms with van der Waals surface area (Å²) in [5.74, 6) is 1.12. The molecule has 1 fully saturated rings. The third-order valence-electron chi connectivity index (χ3n) is 5.11. The lowest BCUT2D eigenvalue weighted by atomic mass is 9.93. The SMILES string of the molecule is COc1ccc([C@@H]2[C@H](CN[C@@H](C)c3ccc(F)cn3)CCN2C)cc1. The molecule has 1 aromatic carbocycles. The molecule has 0 spiro atoms. The maximum atomic E-state index is 13.0. The molecule has 0 saturated carbocycles. The summed E-state index contributed by atoms with van der Waals surface area (Å²) in [4.78, 5) is 6.58. The predicted octanol–water partition coefficient (Wildman–Crippen LogP) is 3.57. The van der Waals surface area contributed by atoms with Gasteiger partial charge in [0.2, 0.25) is 0 Å². The second-order valence-electron chi connectivity index (χ2n) is 6.78. The molecule has 0 aliphatic carbocycles. The summed E-state index contributed by atoms with van der Waals surface area (Å²) < 4.78 is 18.3. The van der Waals surface area contributed by atoms with E-state index in [-0.39, 0.29) is 11.9 Å². The highest BCUT2D eigenvalue weighted by Gasteiger charge is 2.33. The second kappa shape index (κ2) is 7.93. The zero-order chi connectivity index (χ0) is 17.8. The van der Waals surface area contributed by atoms with Crippen molar-refractivity contribution in [3.8, 4) is 5.75 Å². The van der Waals surface area contributed by atoms with Gasteiger partial charge >= 0.3 is 0 Å². The number of methoxy groups -OCH3 is 1. The molecule has 25 heavy (non-hydrogen) atoms. The number of nitrogens with one attached hydrogen (secondary N) is 1. The summed E-state index contributed by atoms with van der Waals surface area (Å²) >= 11 is 0. The lowest BCUT2D eigenvalue weighted by molar-refractivity contribution is 0.268. The second-order valence-corrected chi connectivity index (χ2v) is 6.78. The minimum atomic E-state index is -0.298. The van der Waals surface area contributed by atoms with Gasteiger partial charge in [-0.3, -0.25) is 9.88 Å². The van der Waals surface area contributed by atoms with E-state index in [2.05, 4.69) is 41.3 Å². The number of hydrogen-bond acceptors (Lipinski definition) is 4. The highest BCUT2D eigenvalue weighted by molar-refractivity contribution is 5.30. The van der Waals surface area contributed by atoms with Gasteiger partial charge in [-0.1, -0.05) is 12.1 Å². The Labute approximate surface area is 149 Å². The Morgan fingerprint density at radius 3 is 2.68 bits per heavy atom. The Morgan fingerprint density at radius 2 is 2.04 bits per heavy atom. The molecule has 1 aliphatic heterocycles. The quantitative estimate of drug-likeness (QED) is 0.870. The molecule has 0 bridgehead atoms.